The van der Waals surface area contributed by atoms with Crippen molar-refractivity contribution < 1.29 is 14.1 Å². The number of aromatic nitrogens is 2. The number of pyridine rings is 1. The fourth-order valence-corrected chi connectivity index (χ4v) is 3.31. The van der Waals surface area contributed by atoms with Crippen molar-refractivity contribution in [1.29, 1.82) is 0 Å². The van der Waals surface area contributed by atoms with Crippen molar-refractivity contribution in [2.45, 2.75) is 45.2 Å². The van der Waals surface area contributed by atoms with Crippen LogP contribution in [0.5, 0.6) is 0 Å². The molecule has 26 heavy (non-hydrogen) atoms. The van der Waals surface area contributed by atoms with E-state index in [1.165, 1.54) is 32.8 Å². The fourth-order valence-electron chi connectivity index (χ4n) is 3.31. The Morgan fingerprint density at radius 1 is 1.00 bits per heavy atom. The number of unbranched alkanes of at least 4 members (excludes halogenated alkanes) is 4. The number of rotatable bonds is 9. The van der Waals surface area contributed by atoms with Crippen molar-refractivity contribution in [3.05, 3.63) is 66.6 Å². The van der Waals surface area contributed by atoms with Crippen LogP contribution in [0, 0.1) is 0 Å². The largest absolute Gasteiger partial charge is 0.465 e. The second-order valence-electron chi connectivity index (χ2n) is 6.66. The summed E-state index contributed by atoms with van der Waals surface area (Å²) >= 11 is 0. The van der Waals surface area contributed by atoms with E-state index in [0.717, 1.165) is 30.4 Å². The van der Waals surface area contributed by atoms with Gasteiger partial charge >= 0.3 is 5.97 Å². The summed E-state index contributed by atoms with van der Waals surface area (Å²) in [5.41, 5.74) is 1.71. The average Bonchev–Trinajstić information content (AvgIpc) is 3.09. The summed E-state index contributed by atoms with van der Waals surface area (Å²) in [5.74, 6) is -0.282. The maximum absolute atomic E-state index is 11.7. The molecule has 0 spiro atoms. The van der Waals surface area contributed by atoms with Crippen LogP contribution in [-0.2, 0) is 17.8 Å². The monoisotopic (exact) mass is 351 g/mol. The molecule has 0 fully saturated rings. The normalized spacial score (nSPS) is 11.0. The average molecular weight is 351 g/mol. The first kappa shape index (κ1) is 18.2. The van der Waals surface area contributed by atoms with E-state index in [9.17, 15) is 4.79 Å². The number of aryl methyl sites for hydroxylation is 2. The summed E-state index contributed by atoms with van der Waals surface area (Å²) in [5, 5.41) is 1.16. The first-order valence-corrected chi connectivity index (χ1v) is 9.39. The van der Waals surface area contributed by atoms with E-state index in [1.807, 2.05) is 18.2 Å². The first-order chi connectivity index (χ1) is 12.8. The molecule has 0 bridgehead atoms. The Balaban J connectivity index is 1.42. The molecule has 0 radical (unpaired) electrons. The van der Waals surface area contributed by atoms with Crippen LogP contribution in [0.3, 0.4) is 0 Å². The standard InChI is InChI=1S/C22H27N2O2/c1-26-22(25)20-11-10-19-12-17-24(21(19)18-20)16-9-4-2-3-6-13-23-14-7-5-8-15-23/h5,7-8,10-12,14-15,17-18H,2-4,6,9,13,16H2,1H3/q+1. The molecule has 1 aromatic carbocycles. The Bertz CT molecular complexity index is 840. The molecule has 4 heteroatoms. The molecule has 0 unspecified atom stereocenters. The number of ether oxygens (including phenoxy) is 1. The quantitative estimate of drug-likeness (QED) is 0.326. The van der Waals surface area contributed by atoms with Crippen molar-refractivity contribution in [2.75, 3.05) is 7.11 Å². The predicted octanol–water partition coefficient (Wildman–Crippen LogP) is 4.37. The van der Waals surface area contributed by atoms with Crippen LogP contribution in [0.4, 0.5) is 0 Å². The van der Waals surface area contributed by atoms with Gasteiger partial charge in [-0.3, -0.25) is 0 Å². The van der Waals surface area contributed by atoms with E-state index in [1.54, 1.807) is 0 Å². The zero-order valence-corrected chi connectivity index (χ0v) is 15.4. The Kier molecular flexibility index (Phi) is 6.42. The van der Waals surface area contributed by atoms with Gasteiger partial charge < -0.3 is 9.30 Å². The van der Waals surface area contributed by atoms with Gasteiger partial charge in [-0.15, -0.1) is 0 Å². The number of methoxy groups -OCH3 is 1. The molecule has 136 valence electrons. The topological polar surface area (TPSA) is 35.1 Å². The van der Waals surface area contributed by atoms with Crippen molar-refractivity contribution in [3.8, 4) is 0 Å². The maximum Gasteiger partial charge on any atom is 0.337 e. The van der Waals surface area contributed by atoms with Gasteiger partial charge in [0.1, 0.15) is 6.54 Å². The molecule has 0 aliphatic carbocycles. The molecule has 0 N–H and O–H groups in total. The fraction of sp³-hybridized carbons (Fsp3) is 0.364. The van der Waals surface area contributed by atoms with Gasteiger partial charge in [-0.25, -0.2) is 9.36 Å². The number of hydrogen-bond donors (Lipinski definition) is 0. The van der Waals surface area contributed by atoms with Gasteiger partial charge in [0.05, 0.1) is 12.7 Å². The van der Waals surface area contributed by atoms with Crippen LogP contribution in [0.15, 0.2) is 61.1 Å². The van der Waals surface area contributed by atoms with E-state index in [2.05, 4.69) is 52.0 Å². The number of fused-ring (bicyclic) bond motifs is 1. The highest BCUT2D eigenvalue weighted by molar-refractivity contribution is 5.94. The number of hydrogen-bond acceptors (Lipinski definition) is 2. The minimum atomic E-state index is -0.282. The lowest BCUT2D eigenvalue weighted by Crippen LogP contribution is -2.32. The number of esters is 1. The van der Waals surface area contributed by atoms with Gasteiger partial charge in [0.25, 0.3) is 0 Å². The molecule has 0 amide bonds. The van der Waals surface area contributed by atoms with Gasteiger partial charge in [0.15, 0.2) is 12.4 Å². The van der Waals surface area contributed by atoms with Gasteiger partial charge in [-0.1, -0.05) is 25.0 Å². The van der Waals surface area contributed by atoms with E-state index in [4.69, 9.17) is 4.74 Å². The minimum absolute atomic E-state index is 0.282. The SMILES string of the molecule is COC(=O)c1ccc2ccn(CCCCCCC[n+]3ccccc3)c2c1. The molecule has 0 aliphatic rings. The predicted molar refractivity (Wildman–Crippen MR) is 103 cm³/mol. The molecule has 4 nitrogen and oxygen atoms in total. The maximum atomic E-state index is 11.7. The third-order valence-corrected chi connectivity index (χ3v) is 4.79. The Morgan fingerprint density at radius 2 is 1.77 bits per heavy atom. The van der Waals surface area contributed by atoms with Gasteiger partial charge in [0.2, 0.25) is 0 Å². The summed E-state index contributed by atoms with van der Waals surface area (Å²) < 4.78 is 9.30. The summed E-state index contributed by atoms with van der Waals surface area (Å²) in [6.07, 6.45) is 12.5. The zero-order valence-electron chi connectivity index (χ0n) is 15.4. The summed E-state index contributed by atoms with van der Waals surface area (Å²) in [4.78, 5) is 11.7. The first-order valence-electron chi connectivity index (χ1n) is 9.39. The smallest absolute Gasteiger partial charge is 0.337 e. The van der Waals surface area contributed by atoms with E-state index < -0.39 is 0 Å². The number of carbonyl (C=O) groups is 1. The number of nitrogens with zero attached hydrogens (tertiary/aromatic N) is 2. The molecule has 0 saturated carbocycles. The second-order valence-corrected chi connectivity index (χ2v) is 6.66. The lowest BCUT2D eigenvalue weighted by Gasteiger charge is -2.07. The van der Waals surface area contributed by atoms with E-state index in [-0.39, 0.29) is 5.97 Å². The highest BCUT2D eigenvalue weighted by Crippen LogP contribution is 2.19. The molecule has 3 rings (SSSR count). The second kappa shape index (κ2) is 9.18. The third-order valence-electron chi connectivity index (χ3n) is 4.79. The van der Waals surface area contributed by atoms with Crippen molar-refractivity contribution >= 4 is 16.9 Å². The van der Waals surface area contributed by atoms with Crippen LogP contribution in [0.2, 0.25) is 0 Å². The van der Waals surface area contributed by atoms with Crippen LogP contribution >= 0.6 is 0 Å². The van der Waals surface area contributed by atoms with Crippen LogP contribution in [0.25, 0.3) is 10.9 Å². The summed E-state index contributed by atoms with van der Waals surface area (Å²) in [6.45, 7) is 2.08. The number of carbonyl (C=O) groups excluding carboxylic acids is 1. The van der Waals surface area contributed by atoms with E-state index in [0.29, 0.717) is 5.56 Å². The summed E-state index contributed by atoms with van der Waals surface area (Å²) in [7, 11) is 1.42. The third kappa shape index (κ3) is 4.72. The van der Waals surface area contributed by atoms with Crippen LogP contribution in [-0.4, -0.2) is 17.6 Å². The highest BCUT2D eigenvalue weighted by Gasteiger charge is 2.08. The Morgan fingerprint density at radius 3 is 2.58 bits per heavy atom. The van der Waals surface area contributed by atoms with Gasteiger partial charge in [0, 0.05) is 36.8 Å². The number of benzene rings is 1. The van der Waals surface area contributed by atoms with Crippen LogP contribution < -0.4 is 4.57 Å². The minimum Gasteiger partial charge on any atom is -0.465 e. The van der Waals surface area contributed by atoms with E-state index >= 15 is 0 Å². The van der Waals surface area contributed by atoms with Crippen LogP contribution in [0.1, 0.15) is 42.5 Å². The molecular formula is C22H27N2O2+. The molecule has 2 heterocycles. The molecular weight excluding hydrogens is 324 g/mol. The molecule has 0 saturated heterocycles. The molecule has 0 atom stereocenters. The molecule has 3 aromatic rings. The summed E-state index contributed by atoms with van der Waals surface area (Å²) in [6, 6.07) is 14.0. The lowest BCUT2D eigenvalue weighted by molar-refractivity contribution is -0.697. The highest BCUT2D eigenvalue weighted by atomic mass is 16.5. The van der Waals surface area contributed by atoms with Crippen molar-refractivity contribution in [3.63, 3.8) is 0 Å². The van der Waals surface area contributed by atoms with Gasteiger partial charge in [-0.2, -0.15) is 0 Å². The zero-order chi connectivity index (χ0) is 18.2. The Hall–Kier alpha value is -2.62. The van der Waals surface area contributed by atoms with Crippen molar-refractivity contribution in [2.24, 2.45) is 0 Å². The van der Waals surface area contributed by atoms with Crippen molar-refractivity contribution in [1.82, 2.24) is 4.57 Å². The lowest BCUT2D eigenvalue weighted by atomic mass is 10.1. The molecule has 2 aromatic heterocycles. The Labute approximate surface area is 155 Å². The van der Waals surface area contributed by atoms with Gasteiger partial charge in [-0.05, 0) is 36.4 Å². The molecule has 0 aliphatic heterocycles.